The molecule has 1 aliphatic carbocycles. The van der Waals surface area contributed by atoms with E-state index >= 15 is 0 Å². The van der Waals surface area contributed by atoms with Crippen molar-refractivity contribution in [3.05, 3.63) is 34.9 Å². The van der Waals surface area contributed by atoms with Gasteiger partial charge in [-0.3, -0.25) is 0 Å². The van der Waals surface area contributed by atoms with Gasteiger partial charge < -0.3 is 9.47 Å². The van der Waals surface area contributed by atoms with E-state index in [2.05, 4.69) is 19.1 Å². The molecule has 0 aliphatic heterocycles. The largest absolute Gasteiger partial charge is 0.497 e. The van der Waals surface area contributed by atoms with Crippen LogP contribution in [-0.4, -0.2) is 14.2 Å². The monoisotopic (exact) mass is 190 g/mol. The summed E-state index contributed by atoms with van der Waals surface area (Å²) in [5, 5.41) is 0. The summed E-state index contributed by atoms with van der Waals surface area (Å²) in [5.41, 5.74) is 3.68. The molecule has 0 bridgehead atoms. The van der Waals surface area contributed by atoms with Gasteiger partial charge in [-0.25, -0.2) is 0 Å². The lowest BCUT2D eigenvalue weighted by Gasteiger charge is -2.12. The van der Waals surface area contributed by atoms with Crippen LogP contribution in [0.3, 0.4) is 0 Å². The fourth-order valence-corrected chi connectivity index (χ4v) is 1.92. The molecular weight excluding hydrogens is 176 g/mol. The first-order valence-electron chi connectivity index (χ1n) is 4.65. The Labute approximate surface area is 84.2 Å². The minimum absolute atomic E-state index is 0.121. The third-order valence-electron chi connectivity index (χ3n) is 2.61. The summed E-state index contributed by atoms with van der Waals surface area (Å²) in [6, 6.07) is 6.07. The summed E-state index contributed by atoms with van der Waals surface area (Å²) < 4.78 is 10.6. The van der Waals surface area contributed by atoms with Gasteiger partial charge >= 0.3 is 0 Å². The summed E-state index contributed by atoms with van der Waals surface area (Å²) >= 11 is 0. The van der Waals surface area contributed by atoms with Crippen LogP contribution < -0.4 is 4.74 Å². The summed E-state index contributed by atoms with van der Waals surface area (Å²) in [6.45, 7) is 2.08. The van der Waals surface area contributed by atoms with Crippen LogP contribution in [0.2, 0.25) is 0 Å². The number of hydrogen-bond donors (Lipinski definition) is 0. The van der Waals surface area contributed by atoms with Crippen molar-refractivity contribution in [1.82, 2.24) is 0 Å². The van der Waals surface area contributed by atoms with Crippen LogP contribution in [0.4, 0.5) is 0 Å². The second kappa shape index (κ2) is 3.46. The molecule has 2 rings (SSSR count). The normalized spacial score (nSPS) is 19.1. The Morgan fingerprint density at radius 2 is 2.00 bits per heavy atom. The molecule has 0 N–H and O–H groups in total. The molecule has 0 saturated carbocycles. The van der Waals surface area contributed by atoms with Crippen LogP contribution in [0.15, 0.2) is 23.8 Å². The van der Waals surface area contributed by atoms with Crippen LogP contribution in [0, 0.1) is 0 Å². The zero-order chi connectivity index (χ0) is 10.1. The number of hydrogen-bond acceptors (Lipinski definition) is 2. The Morgan fingerprint density at radius 1 is 1.21 bits per heavy atom. The Balaban J connectivity index is 2.45. The molecule has 0 radical (unpaired) electrons. The maximum absolute atomic E-state index is 5.41. The quantitative estimate of drug-likeness (QED) is 0.714. The first-order chi connectivity index (χ1) is 6.76. The highest BCUT2D eigenvalue weighted by molar-refractivity contribution is 5.66. The van der Waals surface area contributed by atoms with E-state index in [0.29, 0.717) is 0 Å². The predicted molar refractivity (Wildman–Crippen MR) is 56.4 cm³/mol. The van der Waals surface area contributed by atoms with Gasteiger partial charge in [-0.2, -0.15) is 0 Å². The van der Waals surface area contributed by atoms with Crippen molar-refractivity contribution in [2.75, 3.05) is 14.2 Å². The number of fused-ring (bicyclic) bond motifs is 1. The molecule has 0 amide bonds. The SMILES string of the molecule is COc1ccc2c(c1)C=C(C)C2OC. The lowest BCUT2D eigenvalue weighted by atomic mass is 10.1. The average Bonchev–Trinajstić information content (AvgIpc) is 2.51. The van der Waals surface area contributed by atoms with E-state index in [-0.39, 0.29) is 6.10 Å². The predicted octanol–water partition coefficient (Wildman–Crippen LogP) is 2.80. The maximum Gasteiger partial charge on any atom is 0.119 e. The molecule has 1 aromatic rings. The first-order valence-corrected chi connectivity index (χ1v) is 4.65. The highest BCUT2D eigenvalue weighted by atomic mass is 16.5. The molecule has 1 aromatic carbocycles. The van der Waals surface area contributed by atoms with Crippen molar-refractivity contribution in [1.29, 1.82) is 0 Å². The highest BCUT2D eigenvalue weighted by Gasteiger charge is 2.21. The molecule has 1 aliphatic rings. The highest BCUT2D eigenvalue weighted by Crippen LogP contribution is 2.37. The molecule has 0 fully saturated rings. The van der Waals surface area contributed by atoms with Gasteiger partial charge in [0.15, 0.2) is 0 Å². The maximum atomic E-state index is 5.41. The molecule has 1 unspecified atom stereocenters. The summed E-state index contributed by atoms with van der Waals surface area (Å²) in [4.78, 5) is 0. The smallest absolute Gasteiger partial charge is 0.119 e. The Bertz CT molecular complexity index is 380. The third kappa shape index (κ3) is 1.32. The van der Waals surface area contributed by atoms with Gasteiger partial charge in [0, 0.05) is 7.11 Å². The van der Waals surface area contributed by atoms with E-state index < -0.39 is 0 Å². The zero-order valence-electron chi connectivity index (χ0n) is 8.70. The van der Waals surface area contributed by atoms with E-state index in [4.69, 9.17) is 9.47 Å². The topological polar surface area (TPSA) is 18.5 Å². The number of methoxy groups -OCH3 is 2. The lowest BCUT2D eigenvalue weighted by Crippen LogP contribution is -1.99. The van der Waals surface area contributed by atoms with Crippen molar-refractivity contribution < 1.29 is 9.47 Å². The number of benzene rings is 1. The van der Waals surface area contributed by atoms with Crippen LogP contribution in [0.1, 0.15) is 24.2 Å². The molecule has 14 heavy (non-hydrogen) atoms. The van der Waals surface area contributed by atoms with Gasteiger partial charge in [-0.05, 0) is 35.8 Å². The molecule has 0 aromatic heterocycles. The van der Waals surface area contributed by atoms with E-state index in [9.17, 15) is 0 Å². The van der Waals surface area contributed by atoms with Crippen molar-refractivity contribution in [3.63, 3.8) is 0 Å². The van der Waals surface area contributed by atoms with Crippen molar-refractivity contribution in [2.24, 2.45) is 0 Å². The van der Waals surface area contributed by atoms with Gasteiger partial charge in [0.25, 0.3) is 0 Å². The van der Waals surface area contributed by atoms with E-state index in [1.807, 2.05) is 12.1 Å². The van der Waals surface area contributed by atoms with Gasteiger partial charge in [0.1, 0.15) is 11.9 Å². The van der Waals surface area contributed by atoms with Crippen molar-refractivity contribution >= 4 is 6.08 Å². The van der Waals surface area contributed by atoms with E-state index in [0.717, 1.165) is 5.75 Å². The molecule has 74 valence electrons. The molecule has 1 atom stereocenters. The Kier molecular flexibility index (Phi) is 2.30. The summed E-state index contributed by atoms with van der Waals surface area (Å²) in [6.07, 6.45) is 2.27. The lowest BCUT2D eigenvalue weighted by molar-refractivity contribution is 0.136. The van der Waals surface area contributed by atoms with Gasteiger partial charge in [-0.15, -0.1) is 0 Å². The Hall–Kier alpha value is -1.28. The van der Waals surface area contributed by atoms with Gasteiger partial charge in [0.2, 0.25) is 0 Å². The van der Waals surface area contributed by atoms with Gasteiger partial charge in [-0.1, -0.05) is 12.1 Å². The van der Waals surface area contributed by atoms with Crippen molar-refractivity contribution in [3.8, 4) is 5.75 Å². The Morgan fingerprint density at radius 3 is 2.64 bits per heavy atom. The third-order valence-corrected chi connectivity index (χ3v) is 2.61. The molecule has 2 heteroatoms. The number of ether oxygens (including phenoxy) is 2. The first kappa shape index (κ1) is 9.28. The summed E-state index contributed by atoms with van der Waals surface area (Å²) in [5.74, 6) is 0.893. The average molecular weight is 190 g/mol. The van der Waals surface area contributed by atoms with Crippen LogP contribution in [0.25, 0.3) is 6.08 Å². The second-order valence-electron chi connectivity index (χ2n) is 3.50. The molecule has 2 nitrogen and oxygen atoms in total. The molecular formula is C12H14O2. The van der Waals surface area contributed by atoms with Crippen LogP contribution >= 0.6 is 0 Å². The summed E-state index contributed by atoms with van der Waals surface area (Å²) in [7, 11) is 3.42. The second-order valence-corrected chi connectivity index (χ2v) is 3.50. The van der Waals surface area contributed by atoms with Crippen molar-refractivity contribution in [2.45, 2.75) is 13.0 Å². The molecule has 0 saturated heterocycles. The number of rotatable bonds is 2. The molecule has 0 spiro atoms. The van der Waals surface area contributed by atoms with E-state index in [1.165, 1.54) is 16.7 Å². The van der Waals surface area contributed by atoms with Crippen LogP contribution in [0.5, 0.6) is 5.75 Å². The van der Waals surface area contributed by atoms with Crippen LogP contribution in [-0.2, 0) is 4.74 Å². The van der Waals surface area contributed by atoms with Gasteiger partial charge in [0.05, 0.1) is 7.11 Å². The minimum atomic E-state index is 0.121. The fraction of sp³-hybridized carbons (Fsp3) is 0.333. The zero-order valence-corrected chi connectivity index (χ0v) is 8.70. The minimum Gasteiger partial charge on any atom is -0.497 e. The fourth-order valence-electron chi connectivity index (χ4n) is 1.92. The van der Waals surface area contributed by atoms with E-state index in [1.54, 1.807) is 14.2 Å². The molecule has 0 heterocycles. The standard InChI is InChI=1S/C12H14O2/c1-8-6-9-7-10(13-2)4-5-11(9)12(8)14-3/h4-7,12H,1-3H3.